The Bertz CT molecular complexity index is 906. The van der Waals surface area contributed by atoms with Crippen molar-refractivity contribution in [3.63, 3.8) is 0 Å². The fraction of sp³-hybridized carbons (Fsp3) is 0.273. The summed E-state index contributed by atoms with van der Waals surface area (Å²) in [4.78, 5) is 2.44. The van der Waals surface area contributed by atoms with E-state index in [4.69, 9.17) is 16.3 Å². The number of benzene rings is 2. The van der Waals surface area contributed by atoms with E-state index in [-0.39, 0.29) is 0 Å². The average molecular weight is 382 g/mol. The number of para-hydroxylation sites is 1. The van der Waals surface area contributed by atoms with Gasteiger partial charge in [0.25, 0.3) is 0 Å². The zero-order valence-electron chi connectivity index (χ0n) is 15.7. The monoisotopic (exact) mass is 381 g/mol. The van der Waals surface area contributed by atoms with E-state index in [1.54, 1.807) is 7.11 Å². The van der Waals surface area contributed by atoms with E-state index in [2.05, 4.69) is 46.5 Å². The van der Waals surface area contributed by atoms with Crippen molar-refractivity contribution in [1.82, 2.24) is 10.3 Å². The Labute approximate surface area is 165 Å². The topological polar surface area (TPSA) is 27.7 Å². The molecule has 27 heavy (non-hydrogen) atoms. The zero-order valence-corrected chi connectivity index (χ0v) is 16.5. The number of hydrazine groups is 1. The van der Waals surface area contributed by atoms with Crippen molar-refractivity contribution in [3.05, 3.63) is 82.2 Å². The van der Waals surface area contributed by atoms with Crippen LogP contribution in [0.5, 0.6) is 5.75 Å². The van der Waals surface area contributed by atoms with Crippen molar-refractivity contribution < 1.29 is 4.74 Å². The van der Waals surface area contributed by atoms with Crippen molar-refractivity contribution in [2.24, 2.45) is 0 Å². The van der Waals surface area contributed by atoms with Crippen LogP contribution in [0.1, 0.15) is 12.5 Å². The highest BCUT2D eigenvalue weighted by atomic mass is 35.5. The largest absolute Gasteiger partial charge is 0.497 e. The Hall–Kier alpha value is -2.59. The first-order valence-electron chi connectivity index (χ1n) is 9.22. The first-order valence-corrected chi connectivity index (χ1v) is 9.60. The molecule has 0 amide bonds. The molecule has 140 valence electrons. The molecule has 1 saturated heterocycles. The van der Waals surface area contributed by atoms with E-state index in [0.717, 1.165) is 42.5 Å². The lowest BCUT2D eigenvalue weighted by Crippen LogP contribution is -2.30. The van der Waals surface area contributed by atoms with Crippen LogP contribution in [0.2, 0.25) is 5.02 Å². The van der Waals surface area contributed by atoms with Crippen LogP contribution in [0.15, 0.2) is 71.6 Å². The van der Waals surface area contributed by atoms with Crippen molar-refractivity contribution in [3.8, 4) is 5.75 Å². The van der Waals surface area contributed by atoms with E-state index >= 15 is 0 Å². The molecule has 0 atom stereocenters. The van der Waals surface area contributed by atoms with Crippen molar-refractivity contribution in [2.75, 3.05) is 31.8 Å². The highest BCUT2D eigenvalue weighted by molar-refractivity contribution is 6.33. The Morgan fingerprint density at radius 2 is 2.00 bits per heavy atom. The Morgan fingerprint density at radius 3 is 2.81 bits per heavy atom. The van der Waals surface area contributed by atoms with Gasteiger partial charge in [0.1, 0.15) is 5.75 Å². The average Bonchev–Trinajstić information content (AvgIpc) is 3.13. The van der Waals surface area contributed by atoms with Gasteiger partial charge in [0, 0.05) is 24.4 Å². The van der Waals surface area contributed by atoms with Crippen molar-refractivity contribution in [1.29, 1.82) is 0 Å². The standard InChI is InChI=1S/C22H24ClN3O/c1-16-19-15-26(22-9-4-3-8-20(22)23)24-21(19)11-13-25(16)12-10-17-6-5-7-18(14-17)27-2/h3-9,11,14,24H,10,12-13,15H2,1-2H3. The number of rotatable bonds is 5. The van der Waals surface area contributed by atoms with E-state index in [9.17, 15) is 0 Å². The van der Waals surface area contributed by atoms with Crippen LogP contribution in [0.4, 0.5) is 5.69 Å². The predicted octanol–water partition coefficient (Wildman–Crippen LogP) is 4.39. The van der Waals surface area contributed by atoms with Gasteiger partial charge in [-0.15, -0.1) is 0 Å². The van der Waals surface area contributed by atoms with Gasteiger partial charge in [-0.25, -0.2) is 0 Å². The molecule has 2 aliphatic heterocycles. The van der Waals surface area contributed by atoms with Crippen molar-refractivity contribution in [2.45, 2.75) is 13.3 Å². The van der Waals surface area contributed by atoms with Crippen LogP contribution in [0, 0.1) is 0 Å². The lowest BCUT2D eigenvalue weighted by Gasteiger charge is -2.29. The van der Waals surface area contributed by atoms with Gasteiger partial charge in [-0.05, 0) is 49.2 Å². The van der Waals surface area contributed by atoms with Gasteiger partial charge in [-0.3, -0.25) is 10.4 Å². The number of methoxy groups -OCH3 is 1. The molecule has 2 heterocycles. The number of fused-ring (bicyclic) bond motifs is 1. The maximum Gasteiger partial charge on any atom is 0.119 e. The predicted molar refractivity (Wildman–Crippen MR) is 111 cm³/mol. The van der Waals surface area contributed by atoms with E-state index in [0.29, 0.717) is 0 Å². The van der Waals surface area contributed by atoms with Crippen LogP contribution >= 0.6 is 11.6 Å². The summed E-state index contributed by atoms with van der Waals surface area (Å²) in [6.45, 7) is 4.93. The van der Waals surface area contributed by atoms with E-state index < -0.39 is 0 Å². The molecular formula is C22H24ClN3O. The number of hydrogen-bond acceptors (Lipinski definition) is 4. The van der Waals surface area contributed by atoms with Crippen LogP contribution in [0.3, 0.4) is 0 Å². The summed E-state index contributed by atoms with van der Waals surface area (Å²) in [5.41, 5.74) is 9.68. The fourth-order valence-corrected chi connectivity index (χ4v) is 3.91. The van der Waals surface area contributed by atoms with E-state index in [1.165, 1.54) is 22.5 Å². The van der Waals surface area contributed by atoms with Crippen LogP contribution in [-0.4, -0.2) is 31.6 Å². The number of ether oxygens (including phenoxy) is 1. The molecule has 0 radical (unpaired) electrons. The van der Waals surface area contributed by atoms with Gasteiger partial charge in [-0.2, -0.15) is 0 Å². The summed E-state index contributed by atoms with van der Waals surface area (Å²) >= 11 is 6.37. The third-order valence-electron chi connectivity index (χ3n) is 5.27. The molecule has 0 aliphatic carbocycles. The quantitative estimate of drug-likeness (QED) is 0.831. The van der Waals surface area contributed by atoms with Crippen LogP contribution in [-0.2, 0) is 6.42 Å². The summed E-state index contributed by atoms with van der Waals surface area (Å²) in [7, 11) is 1.71. The van der Waals surface area contributed by atoms with Gasteiger partial charge in [-0.1, -0.05) is 35.9 Å². The smallest absolute Gasteiger partial charge is 0.119 e. The maximum atomic E-state index is 6.37. The van der Waals surface area contributed by atoms with Crippen LogP contribution in [0.25, 0.3) is 0 Å². The molecular weight excluding hydrogens is 358 g/mol. The molecule has 0 aromatic heterocycles. The molecule has 0 unspecified atom stereocenters. The number of allylic oxidation sites excluding steroid dienone is 1. The second-order valence-electron chi connectivity index (χ2n) is 6.88. The van der Waals surface area contributed by atoms with Gasteiger partial charge in [0.05, 0.1) is 30.1 Å². The molecule has 4 nitrogen and oxygen atoms in total. The van der Waals surface area contributed by atoms with Gasteiger partial charge in [0.2, 0.25) is 0 Å². The van der Waals surface area contributed by atoms with E-state index in [1.807, 2.05) is 30.3 Å². The lowest BCUT2D eigenvalue weighted by molar-refractivity contribution is 0.374. The lowest BCUT2D eigenvalue weighted by atomic mass is 10.1. The van der Waals surface area contributed by atoms with Gasteiger partial charge < -0.3 is 9.64 Å². The van der Waals surface area contributed by atoms with Crippen LogP contribution < -0.4 is 15.2 Å². The number of halogens is 1. The molecule has 0 bridgehead atoms. The summed E-state index contributed by atoms with van der Waals surface area (Å²) in [5.74, 6) is 0.916. The Morgan fingerprint density at radius 1 is 1.15 bits per heavy atom. The van der Waals surface area contributed by atoms with Gasteiger partial charge in [0.15, 0.2) is 0 Å². The first-order chi connectivity index (χ1) is 13.2. The Kier molecular flexibility index (Phi) is 4.99. The molecule has 0 saturated carbocycles. The minimum absolute atomic E-state index is 0.761. The molecule has 1 N–H and O–H groups in total. The molecule has 1 fully saturated rings. The zero-order chi connectivity index (χ0) is 18.8. The maximum absolute atomic E-state index is 6.37. The summed E-state index contributed by atoms with van der Waals surface area (Å²) in [6, 6.07) is 16.3. The highest BCUT2D eigenvalue weighted by Gasteiger charge is 2.28. The highest BCUT2D eigenvalue weighted by Crippen LogP contribution is 2.33. The minimum atomic E-state index is 0.761. The number of hydrogen-bond donors (Lipinski definition) is 1. The summed E-state index contributed by atoms with van der Waals surface area (Å²) in [5, 5.41) is 2.89. The third kappa shape index (κ3) is 3.62. The molecule has 2 aliphatic rings. The Balaban J connectivity index is 1.47. The second-order valence-corrected chi connectivity index (χ2v) is 7.29. The number of nitrogens with one attached hydrogen (secondary N) is 1. The third-order valence-corrected chi connectivity index (χ3v) is 5.59. The first kappa shape index (κ1) is 17.8. The number of anilines is 1. The minimum Gasteiger partial charge on any atom is -0.497 e. The summed E-state index contributed by atoms with van der Waals surface area (Å²) < 4.78 is 5.33. The molecule has 2 aromatic rings. The SMILES string of the molecule is COc1cccc(CCN2CC=C3NN(c4ccccc4Cl)CC3=C2C)c1. The molecule has 5 heteroatoms. The van der Waals surface area contributed by atoms with Crippen molar-refractivity contribution >= 4 is 17.3 Å². The fourth-order valence-electron chi connectivity index (χ4n) is 3.67. The number of nitrogens with zero attached hydrogens (tertiary/aromatic N) is 2. The van der Waals surface area contributed by atoms with Gasteiger partial charge >= 0.3 is 0 Å². The second kappa shape index (κ2) is 7.57. The molecule has 0 spiro atoms. The summed E-state index contributed by atoms with van der Waals surface area (Å²) in [6.07, 6.45) is 3.26. The molecule has 2 aromatic carbocycles. The molecule has 4 rings (SSSR count). The normalized spacial score (nSPS) is 16.2.